The predicted molar refractivity (Wildman–Crippen MR) is 82.8 cm³/mol. The number of rotatable bonds is 8. The van der Waals surface area contributed by atoms with E-state index in [1.807, 2.05) is 38.1 Å². The topological polar surface area (TPSA) is 57.2 Å². The molecule has 2 rings (SSSR count). The highest BCUT2D eigenvalue weighted by Crippen LogP contribution is 2.30. The van der Waals surface area contributed by atoms with Gasteiger partial charge in [0, 0.05) is 6.61 Å². The van der Waals surface area contributed by atoms with Gasteiger partial charge >= 0.3 is 0 Å². The van der Waals surface area contributed by atoms with Gasteiger partial charge in [-0.05, 0) is 44.4 Å². The highest BCUT2D eigenvalue weighted by molar-refractivity contribution is 5.26. The molecule has 1 N–H and O–H groups in total. The van der Waals surface area contributed by atoms with E-state index >= 15 is 0 Å². The van der Waals surface area contributed by atoms with Gasteiger partial charge in [-0.3, -0.25) is 0 Å². The normalized spacial score (nSPS) is 23.6. The molecule has 0 spiro atoms. The zero-order valence-electron chi connectivity index (χ0n) is 13.6. The zero-order valence-corrected chi connectivity index (χ0v) is 13.6. The van der Waals surface area contributed by atoms with Crippen LogP contribution in [0.3, 0.4) is 0 Å². The SMILES string of the molecule is COc1ccc(COCCC[C@@H]2OC(C)(C)O[C@H]2CO)cc1. The lowest BCUT2D eigenvalue weighted by molar-refractivity contribution is -0.149. The maximum absolute atomic E-state index is 9.32. The van der Waals surface area contributed by atoms with Crippen LogP contribution in [0.5, 0.6) is 5.75 Å². The summed E-state index contributed by atoms with van der Waals surface area (Å²) in [6.07, 6.45) is 1.38. The number of aliphatic hydroxyl groups excluding tert-OH is 1. The number of ether oxygens (including phenoxy) is 4. The molecule has 22 heavy (non-hydrogen) atoms. The molecule has 1 saturated heterocycles. The van der Waals surface area contributed by atoms with Crippen molar-refractivity contribution < 1.29 is 24.1 Å². The second-order valence-electron chi connectivity index (χ2n) is 5.94. The van der Waals surface area contributed by atoms with E-state index in [9.17, 15) is 5.11 Å². The van der Waals surface area contributed by atoms with E-state index in [4.69, 9.17) is 18.9 Å². The van der Waals surface area contributed by atoms with E-state index in [2.05, 4.69) is 0 Å². The Morgan fingerprint density at radius 1 is 1.14 bits per heavy atom. The Balaban J connectivity index is 1.64. The molecule has 0 saturated carbocycles. The van der Waals surface area contributed by atoms with Gasteiger partial charge in [0.25, 0.3) is 0 Å². The van der Waals surface area contributed by atoms with E-state index in [1.165, 1.54) is 0 Å². The third-order valence-electron chi connectivity index (χ3n) is 3.67. The summed E-state index contributed by atoms with van der Waals surface area (Å²) in [5.74, 6) is 0.238. The Bertz CT molecular complexity index is 443. The van der Waals surface area contributed by atoms with Gasteiger partial charge in [-0.25, -0.2) is 0 Å². The van der Waals surface area contributed by atoms with Crippen molar-refractivity contribution in [2.45, 2.75) is 51.3 Å². The van der Waals surface area contributed by atoms with Crippen molar-refractivity contribution in [3.63, 3.8) is 0 Å². The minimum atomic E-state index is -0.609. The highest BCUT2D eigenvalue weighted by Gasteiger charge is 2.40. The van der Waals surface area contributed by atoms with Crippen LogP contribution in [0, 0.1) is 0 Å². The summed E-state index contributed by atoms with van der Waals surface area (Å²) < 4.78 is 22.2. The summed E-state index contributed by atoms with van der Waals surface area (Å²) in [5, 5.41) is 9.32. The maximum Gasteiger partial charge on any atom is 0.163 e. The monoisotopic (exact) mass is 310 g/mol. The first-order chi connectivity index (χ1) is 10.5. The molecule has 0 aromatic heterocycles. The Morgan fingerprint density at radius 2 is 1.82 bits per heavy atom. The summed E-state index contributed by atoms with van der Waals surface area (Å²) in [6.45, 7) is 4.97. The third kappa shape index (κ3) is 4.95. The number of benzene rings is 1. The van der Waals surface area contributed by atoms with Crippen LogP contribution in [-0.2, 0) is 20.8 Å². The van der Waals surface area contributed by atoms with Gasteiger partial charge in [0.05, 0.1) is 26.4 Å². The Labute approximate surface area is 132 Å². The minimum absolute atomic E-state index is 0.0131. The van der Waals surface area contributed by atoms with Gasteiger partial charge < -0.3 is 24.1 Å². The zero-order chi connectivity index (χ0) is 16.0. The second-order valence-corrected chi connectivity index (χ2v) is 5.94. The smallest absolute Gasteiger partial charge is 0.163 e. The van der Waals surface area contributed by atoms with Crippen LogP contribution in [-0.4, -0.2) is 43.4 Å². The van der Waals surface area contributed by atoms with Crippen LogP contribution < -0.4 is 4.74 Å². The molecule has 5 heteroatoms. The average molecular weight is 310 g/mol. The van der Waals surface area contributed by atoms with Crippen LogP contribution in [0.4, 0.5) is 0 Å². The summed E-state index contributed by atoms with van der Waals surface area (Å²) >= 11 is 0. The predicted octanol–water partition coefficient (Wildman–Crippen LogP) is 2.50. The van der Waals surface area contributed by atoms with Crippen LogP contribution in [0.25, 0.3) is 0 Å². The minimum Gasteiger partial charge on any atom is -0.497 e. The van der Waals surface area contributed by atoms with Crippen molar-refractivity contribution in [1.29, 1.82) is 0 Å². The molecule has 2 atom stereocenters. The summed E-state index contributed by atoms with van der Waals surface area (Å²) in [7, 11) is 1.65. The molecular formula is C17H26O5. The molecule has 0 unspecified atom stereocenters. The lowest BCUT2D eigenvalue weighted by Gasteiger charge is -2.16. The van der Waals surface area contributed by atoms with E-state index < -0.39 is 5.79 Å². The van der Waals surface area contributed by atoms with Crippen molar-refractivity contribution in [3.05, 3.63) is 29.8 Å². The molecule has 1 aromatic rings. The number of hydrogen-bond donors (Lipinski definition) is 1. The van der Waals surface area contributed by atoms with E-state index in [-0.39, 0.29) is 18.8 Å². The largest absolute Gasteiger partial charge is 0.497 e. The summed E-state index contributed by atoms with van der Waals surface area (Å²) in [5.41, 5.74) is 1.12. The first-order valence-electron chi connectivity index (χ1n) is 7.71. The van der Waals surface area contributed by atoms with Crippen molar-refractivity contribution in [3.8, 4) is 5.75 Å². The quantitative estimate of drug-likeness (QED) is 0.748. The molecule has 1 aliphatic heterocycles. The second kappa shape index (κ2) is 7.92. The fourth-order valence-electron chi connectivity index (χ4n) is 2.61. The Morgan fingerprint density at radius 3 is 2.45 bits per heavy atom. The van der Waals surface area contributed by atoms with Crippen LogP contribution in [0.2, 0.25) is 0 Å². The third-order valence-corrected chi connectivity index (χ3v) is 3.67. The van der Waals surface area contributed by atoms with Gasteiger partial charge in [0.15, 0.2) is 5.79 Å². The fraction of sp³-hybridized carbons (Fsp3) is 0.647. The number of methoxy groups -OCH3 is 1. The molecule has 1 heterocycles. The Hall–Kier alpha value is -1.14. The molecule has 124 valence electrons. The maximum atomic E-state index is 9.32. The number of hydrogen-bond acceptors (Lipinski definition) is 5. The molecule has 0 aliphatic carbocycles. The first-order valence-corrected chi connectivity index (χ1v) is 7.71. The van der Waals surface area contributed by atoms with Gasteiger partial charge in [-0.1, -0.05) is 12.1 Å². The Kier molecular flexibility index (Phi) is 6.20. The molecule has 0 amide bonds. The van der Waals surface area contributed by atoms with Gasteiger partial charge in [-0.2, -0.15) is 0 Å². The average Bonchev–Trinajstić information content (AvgIpc) is 2.81. The lowest BCUT2D eigenvalue weighted by atomic mass is 10.1. The lowest BCUT2D eigenvalue weighted by Crippen LogP contribution is -2.26. The van der Waals surface area contributed by atoms with E-state index in [0.29, 0.717) is 13.2 Å². The van der Waals surface area contributed by atoms with Gasteiger partial charge in [0.2, 0.25) is 0 Å². The highest BCUT2D eigenvalue weighted by atomic mass is 16.8. The van der Waals surface area contributed by atoms with Crippen molar-refractivity contribution >= 4 is 0 Å². The van der Waals surface area contributed by atoms with E-state index in [1.54, 1.807) is 7.11 Å². The van der Waals surface area contributed by atoms with Crippen molar-refractivity contribution in [2.24, 2.45) is 0 Å². The van der Waals surface area contributed by atoms with E-state index in [0.717, 1.165) is 24.2 Å². The molecule has 0 bridgehead atoms. The summed E-state index contributed by atoms with van der Waals surface area (Å²) in [6, 6.07) is 7.85. The van der Waals surface area contributed by atoms with Gasteiger partial charge in [0.1, 0.15) is 11.9 Å². The van der Waals surface area contributed by atoms with Crippen LogP contribution in [0.15, 0.2) is 24.3 Å². The molecule has 1 aromatic carbocycles. The number of aliphatic hydroxyl groups is 1. The fourth-order valence-corrected chi connectivity index (χ4v) is 2.61. The van der Waals surface area contributed by atoms with Crippen molar-refractivity contribution in [2.75, 3.05) is 20.3 Å². The molecule has 5 nitrogen and oxygen atoms in total. The molecular weight excluding hydrogens is 284 g/mol. The van der Waals surface area contributed by atoms with Gasteiger partial charge in [-0.15, -0.1) is 0 Å². The van der Waals surface area contributed by atoms with Crippen LogP contribution in [0.1, 0.15) is 32.3 Å². The standard InChI is InChI=1S/C17H26O5/c1-17(2)21-15(16(11-18)22-17)5-4-10-20-12-13-6-8-14(19-3)9-7-13/h6-9,15-16,18H,4-5,10-12H2,1-3H3/t15-,16-/m0/s1. The van der Waals surface area contributed by atoms with Crippen LogP contribution >= 0.6 is 0 Å². The molecule has 0 radical (unpaired) electrons. The first kappa shape index (κ1) is 17.2. The molecule has 1 fully saturated rings. The molecule has 1 aliphatic rings. The van der Waals surface area contributed by atoms with Crippen molar-refractivity contribution in [1.82, 2.24) is 0 Å². The summed E-state index contributed by atoms with van der Waals surface area (Å²) in [4.78, 5) is 0.